The van der Waals surface area contributed by atoms with Gasteiger partial charge in [-0.25, -0.2) is 4.98 Å². The van der Waals surface area contributed by atoms with E-state index in [2.05, 4.69) is 40.6 Å². The summed E-state index contributed by atoms with van der Waals surface area (Å²) in [5.74, 6) is 3.69. The Kier molecular flexibility index (Phi) is 3.20. The van der Waals surface area contributed by atoms with Gasteiger partial charge in [0.1, 0.15) is 5.82 Å². The minimum atomic E-state index is 0.649. The van der Waals surface area contributed by atoms with Crippen LogP contribution in [0.2, 0.25) is 0 Å². The Morgan fingerprint density at radius 1 is 1.26 bits per heavy atom. The SMILES string of the molecule is C#Cc1ccc(N2CC3CCC(C2)N3C(C)C)nc1. The number of aromatic nitrogens is 1. The zero-order chi connectivity index (χ0) is 13.4. The highest BCUT2D eigenvalue weighted by atomic mass is 15.3. The fourth-order valence-corrected chi connectivity index (χ4v) is 3.62. The minimum absolute atomic E-state index is 0.649. The summed E-state index contributed by atoms with van der Waals surface area (Å²) in [7, 11) is 0. The van der Waals surface area contributed by atoms with E-state index < -0.39 is 0 Å². The Morgan fingerprint density at radius 3 is 2.42 bits per heavy atom. The first-order valence-electron chi connectivity index (χ1n) is 7.14. The van der Waals surface area contributed by atoms with Gasteiger partial charge in [-0.3, -0.25) is 4.90 Å². The molecule has 3 heterocycles. The number of fused-ring (bicyclic) bond motifs is 2. The van der Waals surface area contributed by atoms with E-state index in [4.69, 9.17) is 6.42 Å². The smallest absolute Gasteiger partial charge is 0.128 e. The Bertz CT molecular complexity index is 472. The van der Waals surface area contributed by atoms with Gasteiger partial charge in [0.2, 0.25) is 0 Å². The second-order valence-electron chi connectivity index (χ2n) is 5.88. The summed E-state index contributed by atoms with van der Waals surface area (Å²) in [5, 5.41) is 0. The van der Waals surface area contributed by atoms with Crippen molar-refractivity contribution < 1.29 is 0 Å². The highest BCUT2D eigenvalue weighted by Gasteiger charge is 2.41. The fourth-order valence-electron chi connectivity index (χ4n) is 3.62. The third-order valence-electron chi connectivity index (χ3n) is 4.37. The van der Waals surface area contributed by atoms with Gasteiger partial charge in [-0.1, -0.05) is 5.92 Å². The lowest BCUT2D eigenvalue weighted by Crippen LogP contribution is -2.56. The lowest BCUT2D eigenvalue weighted by Gasteiger charge is -2.43. The molecular formula is C16H21N3. The summed E-state index contributed by atoms with van der Waals surface area (Å²) in [5.41, 5.74) is 0.854. The maximum Gasteiger partial charge on any atom is 0.128 e. The average Bonchev–Trinajstić information content (AvgIpc) is 2.70. The highest BCUT2D eigenvalue weighted by Crippen LogP contribution is 2.33. The number of anilines is 1. The van der Waals surface area contributed by atoms with E-state index in [-0.39, 0.29) is 0 Å². The van der Waals surface area contributed by atoms with Crippen LogP contribution in [0.1, 0.15) is 32.3 Å². The van der Waals surface area contributed by atoms with E-state index in [1.54, 1.807) is 6.20 Å². The lowest BCUT2D eigenvalue weighted by molar-refractivity contribution is 0.129. The van der Waals surface area contributed by atoms with Crippen LogP contribution in [0.5, 0.6) is 0 Å². The molecule has 2 fully saturated rings. The van der Waals surface area contributed by atoms with E-state index in [9.17, 15) is 0 Å². The van der Waals surface area contributed by atoms with Gasteiger partial charge in [0, 0.05) is 43.0 Å². The first-order valence-corrected chi connectivity index (χ1v) is 7.14. The molecule has 0 aliphatic carbocycles. The van der Waals surface area contributed by atoms with Crippen LogP contribution in [0.25, 0.3) is 0 Å². The van der Waals surface area contributed by atoms with Crippen molar-refractivity contribution in [2.75, 3.05) is 18.0 Å². The van der Waals surface area contributed by atoms with Gasteiger partial charge < -0.3 is 4.90 Å². The number of hydrogen-bond acceptors (Lipinski definition) is 3. The van der Waals surface area contributed by atoms with Gasteiger partial charge in [0.05, 0.1) is 0 Å². The van der Waals surface area contributed by atoms with Crippen molar-refractivity contribution in [1.82, 2.24) is 9.88 Å². The number of terminal acetylenes is 1. The fraction of sp³-hybridized carbons (Fsp3) is 0.562. The van der Waals surface area contributed by atoms with Gasteiger partial charge in [0.15, 0.2) is 0 Å². The molecule has 2 saturated heterocycles. The number of pyridine rings is 1. The average molecular weight is 255 g/mol. The quantitative estimate of drug-likeness (QED) is 0.755. The zero-order valence-corrected chi connectivity index (χ0v) is 11.7. The summed E-state index contributed by atoms with van der Waals surface area (Å²) < 4.78 is 0. The molecule has 0 aromatic carbocycles. The molecule has 0 N–H and O–H groups in total. The zero-order valence-electron chi connectivity index (χ0n) is 11.7. The summed E-state index contributed by atoms with van der Waals surface area (Å²) in [4.78, 5) is 9.61. The number of nitrogens with zero attached hydrogens (tertiary/aromatic N) is 3. The van der Waals surface area contributed by atoms with Gasteiger partial charge in [0.25, 0.3) is 0 Å². The third-order valence-corrected chi connectivity index (χ3v) is 4.37. The van der Waals surface area contributed by atoms with E-state index >= 15 is 0 Å². The second-order valence-corrected chi connectivity index (χ2v) is 5.88. The minimum Gasteiger partial charge on any atom is -0.353 e. The third kappa shape index (κ3) is 2.21. The summed E-state index contributed by atoms with van der Waals surface area (Å²) >= 11 is 0. The Hall–Kier alpha value is -1.53. The molecule has 0 radical (unpaired) electrons. The standard InChI is InChI=1S/C16H21N3/c1-4-13-5-8-16(17-9-13)18-10-14-6-7-15(11-18)19(14)12(2)3/h1,5,8-9,12,14-15H,6-7,10-11H2,2-3H3. The van der Waals surface area contributed by atoms with Gasteiger partial charge in [-0.2, -0.15) is 0 Å². The molecule has 2 bridgehead atoms. The number of hydrogen-bond donors (Lipinski definition) is 0. The molecule has 1 aromatic heterocycles. The molecule has 3 nitrogen and oxygen atoms in total. The molecule has 19 heavy (non-hydrogen) atoms. The van der Waals surface area contributed by atoms with Gasteiger partial charge >= 0.3 is 0 Å². The van der Waals surface area contributed by atoms with Crippen LogP contribution in [0.4, 0.5) is 5.82 Å². The topological polar surface area (TPSA) is 19.4 Å². The monoisotopic (exact) mass is 255 g/mol. The maximum atomic E-state index is 5.37. The van der Waals surface area contributed by atoms with Crippen molar-refractivity contribution >= 4 is 5.82 Å². The molecule has 2 atom stereocenters. The molecule has 0 spiro atoms. The molecule has 0 saturated carbocycles. The molecule has 100 valence electrons. The van der Waals surface area contributed by atoms with Crippen LogP contribution in [0.15, 0.2) is 18.3 Å². The largest absolute Gasteiger partial charge is 0.353 e. The van der Waals surface area contributed by atoms with Crippen LogP contribution in [-0.2, 0) is 0 Å². The second kappa shape index (κ2) is 4.86. The predicted molar refractivity (Wildman–Crippen MR) is 78.2 cm³/mol. The molecule has 2 aliphatic rings. The Balaban J connectivity index is 1.77. The van der Waals surface area contributed by atoms with Gasteiger partial charge in [-0.05, 0) is 38.8 Å². The van der Waals surface area contributed by atoms with E-state index in [0.29, 0.717) is 18.1 Å². The van der Waals surface area contributed by atoms with Gasteiger partial charge in [-0.15, -0.1) is 6.42 Å². The molecular weight excluding hydrogens is 234 g/mol. The normalized spacial score (nSPS) is 26.7. The first-order chi connectivity index (χ1) is 9.19. The summed E-state index contributed by atoms with van der Waals surface area (Å²) in [6, 6.07) is 6.07. The predicted octanol–water partition coefficient (Wildman–Crippen LogP) is 2.12. The molecule has 3 heteroatoms. The maximum absolute atomic E-state index is 5.37. The van der Waals surface area contributed by atoms with Crippen molar-refractivity contribution in [2.45, 2.75) is 44.8 Å². The lowest BCUT2D eigenvalue weighted by atomic mass is 10.1. The number of rotatable bonds is 2. The van der Waals surface area contributed by atoms with Crippen molar-refractivity contribution in [2.24, 2.45) is 0 Å². The van der Waals surface area contributed by atoms with Crippen LogP contribution in [0.3, 0.4) is 0 Å². The molecule has 2 unspecified atom stereocenters. The van der Waals surface area contributed by atoms with Crippen LogP contribution in [0, 0.1) is 12.3 Å². The van der Waals surface area contributed by atoms with Crippen molar-refractivity contribution in [3.63, 3.8) is 0 Å². The molecule has 1 aromatic rings. The molecule has 2 aliphatic heterocycles. The van der Waals surface area contributed by atoms with Crippen molar-refractivity contribution in [3.8, 4) is 12.3 Å². The Labute approximate surface area is 115 Å². The van der Waals surface area contributed by atoms with E-state index in [0.717, 1.165) is 24.5 Å². The summed E-state index contributed by atoms with van der Waals surface area (Å²) in [6.07, 6.45) is 9.81. The first kappa shape index (κ1) is 12.5. The van der Waals surface area contributed by atoms with Crippen molar-refractivity contribution in [3.05, 3.63) is 23.9 Å². The van der Waals surface area contributed by atoms with E-state index in [1.807, 2.05) is 6.07 Å². The van der Waals surface area contributed by atoms with Crippen LogP contribution >= 0.6 is 0 Å². The van der Waals surface area contributed by atoms with Crippen molar-refractivity contribution in [1.29, 1.82) is 0 Å². The van der Waals surface area contributed by atoms with Crippen LogP contribution < -0.4 is 4.90 Å². The Morgan fingerprint density at radius 2 is 1.95 bits per heavy atom. The highest BCUT2D eigenvalue weighted by molar-refractivity contribution is 5.44. The summed E-state index contributed by atoms with van der Waals surface area (Å²) in [6.45, 7) is 6.80. The number of piperazine rings is 1. The molecule has 0 amide bonds. The van der Waals surface area contributed by atoms with E-state index in [1.165, 1.54) is 12.8 Å². The molecule has 3 rings (SSSR count). The van der Waals surface area contributed by atoms with Crippen LogP contribution in [-0.4, -0.2) is 41.1 Å².